The van der Waals surface area contributed by atoms with Gasteiger partial charge in [0.05, 0.1) is 0 Å². The summed E-state index contributed by atoms with van der Waals surface area (Å²) in [5, 5.41) is 2.87. The Bertz CT molecular complexity index is 365. The van der Waals surface area contributed by atoms with E-state index in [1.54, 1.807) is 0 Å². The number of amides is 1. The van der Waals surface area contributed by atoms with Gasteiger partial charge >= 0.3 is 0 Å². The summed E-state index contributed by atoms with van der Waals surface area (Å²) in [4.78, 5) is 12.9. The van der Waals surface area contributed by atoms with Gasteiger partial charge in [0.15, 0.2) is 0 Å². The highest BCUT2D eigenvalue weighted by atomic mass is 32.2. The SMILES string of the molecule is CCCNC(=O)c1ccc(SC(C)(C)C)cc1. The second-order valence-corrected chi connectivity index (χ2v) is 6.89. The first kappa shape index (κ1) is 14.1. The molecule has 0 aliphatic heterocycles. The van der Waals surface area contributed by atoms with E-state index in [9.17, 15) is 4.79 Å². The van der Waals surface area contributed by atoms with Crippen molar-refractivity contribution in [1.82, 2.24) is 5.32 Å². The van der Waals surface area contributed by atoms with Gasteiger partial charge in [-0.15, -0.1) is 11.8 Å². The Kier molecular flexibility index (Phi) is 5.06. The fraction of sp³-hybridized carbons (Fsp3) is 0.500. The molecule has 17 heavy (non-hydrogen) atoms. The summed E-state index contributed by atoms with van der Waals surface area (Å²) < 4.78 is 0.200. The number of hydrogen-bond donors (Lipinski definition) is 1. The molecule has 0 radical (unpaired) electrons. The van der Waals surface area contributed by atoms with Crippen LogP contribution in [0.2, 0.25) is 0 Å². The van der Waals surface area contributed by atoms with Crippen LogP contribution in [-0.2, 0) is 0 Å². The molecular weight excluding hydrogens is 230 g/mol. The first-order chi connectivity index (χ1) is 7.92. The van der Waals surface area contributed by atoms with Crippen molar-refractivity contribution >= 4 is 17.7 Å². The van der Waals surface area contributed by atoms with Crippen LogP contribution in [0.4, 0.5) is 0 Å². The number of thioether (sulfide) groups is 1. The summed E-state index contributed by atoms with van der Waals surface area (Å²) >= 11 is 1.81. The summed E-state index contributed by atoms with van der Waals surface area (Å²) in [7, 11) is 0. The van der Waals surface area contributed by atoms with Crippen LogP contribution in [0, 0.1) is 0 Å². The molecule has 94 valence electrons. The van der Waals surface area contributed by atoms with Gasteiger partial charge in [-0.05, 0) is 30.7 Å². The summed E-state index contributed by atoms with van der Waals surface area (Å²) in [6, 6.07) is 7.80. The van der Waals surface area contributed by atoms with Crippen molar-refractivity contribution in [1.29, 1.82) is 0 Å². The summed E-state index contributed by atoms with van der Waals surface area (Å²) in [5.74, 6) is 0.0131. The van der Waals surface area contributed by atoms with Crippen LogP contribution in [0.25, 0.3) is 0 Å². The zero-order chi connectivity index (χ0) is 12.9. The molecule has 0 saturated carbocycles. The second-order valence-electron chi connectivity index (χ2n) is 4.99. The lowest BCUT2D eigenvalue weighted by Crippen LogP contribution is -2.23. The molecule has 0 aliphatic carbocycles. The van der Waals surface area contributed by atoms with E-state index in [4.69, 9.17) is 0 Å². The molecule has 0 heterocycles. The monoisotopic (exact) mass is 251 g/mol. The summed E-state index contributed by atoms with van der Waals surface area (Å²) in [6.07, 6.45) is 0.962. The number of carbonyl (C=O) groups excluding carboxylic acids is 1. The lowest BCUT2D eigenvalue weighted by Gasteiger charge is -2.17. The van der Waals surface area contributed by atoms with Crippen LogP contribution in [0.5, 0.6) is 0 Å². The molecule has 0 atom stereocenters. The van der Waals surface area contributed by atoms with Crippen molar-refractivity contribution in [2.45, 2.75) is 43.8 Å². The zero-order valence-corrected chi connectivity index (χ0v) is 11.9. The number of benzene rings is 1. The minimum atomic E-state index is 0.0131. The molecule has 0 aromatic heterocycles. The van der Waals surface area contributed by atoms with Crippen molar-refractivity contribution in [3.05, 3.63) is 29.8 Å². The maximum absolute atomic E-state index is 11.7. The predicted octanol–water partition coefficient (Wildman–Crippen LogP) is 3.72. The molecule has 0 saturated heterocycles. The third-order valence-electron chi connectivity index (χ3n) is 2.08. The molecule has 1 amide bonds. The highest BCUT2D eigenvalue weighted by Gasteiger charge is 2.12. The Morgan fingerprint density at radius 3 is 2.29 bits per heavy atom. The second kappa shape index (κ2) is 6.10. The molecule has 1 rings (SSSR count). The third kappa shape index (κ3) is 5.26. The molecule has 0 bridgehead atoms. The Morgan fingerprint density at radius 2 is 1.82 bits per heavy atom. The van der Waals surface area contributed by atoms with Crippen molar-refractivity contribution in [3.63, 3.8) is 0 Å². The molecule has 0 spiro atoms. The minimum absolute atomic E-state index is 0.0131. The van der Waals surface area contributed by atoms with E-state index < -0.39 is 0 Å². The van der Waals surface area contributed by atoms with E-state index >= 15 is 0 Å². The van der Waals surface area contributed by atoms with Gasteiger partial charge in [0.25, 0.3) is 5.91 Å². The number of hydrogen-bond acceptors (Lipinski definition) is 2. The van der Waals surface area contributed by atoms with Gasteiger partial charge in [0.2, 0.25) is 0 Å². The van der Waals surface area contributed by atoms with Crippen molar-refractivity contribution in [2.75, 3.05) is 6.54 Å². The fourth-order valence-corrected chi connectivity index (χ4v) is 2.35. The molecule has 0 aliphatic rings. The van der Waals surface area contributed by atoms with E-state index in [1.165, 1.54) is 4.90 Å². The van der Waals surface area contributed by atoms with Crippen LogP contribution in [0.1, 0.15) is 44.5 Å². The fourth-order valence-electron chi connectivity index (χ4n) is 1.37. The standard InChI is InChI=1S/C14H21NOS/c1-5-10-15-13(16)11-6-8-12(9-7-11)17-14(2,3)4/h6-9H,5,10H2,1-4H3,(H,15,16). The molecular formula is C14H21NOS. The average Bonchev–Trinajstić information content (AvgIpc) is 2.24. The van der Waals surface area contributed by atoms with E-state index in [1.807, 2.05) is 43.0 Å². The summed E-state index contributed by atoms with van der Waals surface area (Å²) in [5.41, 5.74) is 0.733. The predicted molar refractivity (Wildman–Crippen MR) is 74.7 cm³/mol. The smallest absolute Gasteiger partial charge is 0.251 e. The van der Waals surface area contributed by atoms with Gasteiger partial charge in [-0.2, -0.15) is 0 Å². The largest absolute Gasteiger partial charge is 0.352 e. The normalized spacial score (nSPS) is 11.3. The number of carbonyl (C=O) groups is 1. The van der Waals surface area contributed by atoms with Gasteiger partial charge < -0.3 is 5.32 Å². The maximum atomic E-state index is 11.7. The lowest BCUT2D eigenvalue weighted by atomic mass is 10.2. The Balaban J connectivity index is 2.64. The van der Waals surface area contributed by atoms with Gasteiger partial charge in [-0.3, -0.25) is 4.79 Å². The Labute approximate surface area is 108 Å². The maximum Gasteiger partial charge on any atom is 0.251 e. The van der Waals surface area contributed by atoms with Crippen molar-refractivity contribution in [3.8, 4) is 0 Å². The Hall–Kier alpha value is -0.960. The van der Waals surface area contributed by atoms with Crippen molar-refractivity contribution in [2.24, 2.45) is 0 Å². The molecule has 3 heteroatoms. The van der Waals surface area contributed by atoms with Crippen LogP contribution in [0.3, 0.4) is 0 Å². The van der Waals surface area contributed by atoms with E-state index in [-0.39, 0.29) is 10.7 Å². The van der Waals surface area contributed by atoms with E-state index in [2.05, 4.69) is 26.1 Å². The van der Waals surface area contributed by atoms with E-state index in [0.717, 1.165) is 18.5 Å². The van der Waals surface area contributed by atoms with E-state index in [0.29, 0.717) is 0 Å². The number of nitrogens with one attached hydrogen (secondary N) is 1. The van der Waals surface area contributed by atoms with Gasteiger partial charge in [0.1, 0.15) is 0 Å². The molecule has 1 N–H and O–H groups in total. The minimum Gasteiger partial charge on any atom is -0.352 e. The number of rotatable bonds is 4. The lowest BCUT2D eigenvalue weighted by molar-refractivity contribution is 0.0953. The van der Waals surface area contributed by atoms with Gasteiger partial charge in [0, 0.05) is 21.8 Å². The molecule has 0 fully saturated rings. The highest BCUT2D eigenvalue weighted by Crippen LogP contribution is 2.31. The first-order valence-electron chi connectivity index (χ1n) is 5.99. The van der Waals surface area contributed by atoms with Crippen molar-refractivity contribution < 1.29 is 4.79 Å². The molecule has 1 aromatic rings. The topological polar surface area (TPSA) is 29.1 Å². The van der Waals surface area contributed by atoms with Crippen LogP contribution >= 0.6 is 11.8 Å². The van der Waals surface area contributed by atoms with Gasteiger partial charge in [-0.1, -0.05) is 27.7 Å². The quantitative estimate of drug-likeness (QED) is 0.826. The molecule has 1 aromatic carbocycles. The van der Waals surface area contributed by atoms with Crippen LogP contribution in [0.15, 0.2) is 29.2 Å². The zero-order valence-electron chi connectivity index (χ0n) is 11.0. The molecule has 2 nitrogen and oxygen atoms in total. The van der Waals surface area contributed by atoms with Crippen LogP contribution < -0.4 is 5.32 Å². The Morgan fingerprint density at radius 1 is 1.24 bits per heavy atom. The van der Waals surface area contributed by atoms with Crippen LogP contribution in [-0.4, -0.2) is 17.2 Å². The molecule has 0 unspecified atom stereocenters. The summed E-state index contributed by atoms with van der Waals surface area (Å²) in [6.45, 7) is 9.32. The first-order valence-corrected chi connectivity index (χ1v) is 6.81. The average molecular weight is 251 g/mol. The highest BCUT2D eigenvalue weighted by molar-refractivity contribution is 8.00. The van der Waals surface area contributed by atoms with Gasteiger partial charge in [-0.25, -0.2) is 0 Å². The third-order valence-corrected chi connectivity index (χ3v) is 3.20.